The van der Waals surface area contributed by atoms with Crippen molar-refractivity contribution in [3.8, 4) is 0 Å². The van der Waals surface area contributed by atoms with E-state index in [1.165, 1.54) is 6.07 Å². The SMILES string of the molecule is CCNC(=O)Cc1c(F)cccc1F. The van der Waals surface area contributed by atoms with Crippen LogP contribution in [0.15, 0.2) is 18.2 Å². The summed E-state index contributed by atoms with van der Waals surface area (Å²) in [5.41, 5.74) is -0.182. The average molecular weight is 199 g/mol. The highest BCUT2D eigenvalue weighted by Gasteiger charge is 2.11. The van der Waals surface area contributed by atoms with Crippen molar-refractivity contribution in [1.82, 2.24) is 5.32 Å². The molecule has 0 aliphatic rings. The van der Waals surface area contributed by atoms with E-state index in [-0.39, 0.29) is 17.9 Å². The first kappa shape index (κ1) is 10.6. The highest BCUT2D eigenvalue weighted by atomic mass is 19.1. The van der Waals surface area contributed by atoms with Gasteiger partial charge in [0, 0.05) is 12.1 Å². The largest absolute Gasteiger partial charge is 0.356 e. The number of likely N-dealkylation sites (N-methyl/N-ethyl adjacent to an activating group) is 1. The molecule has 76 valence electrons. The van der Waals surface area contributed by atoms with Gasteiger partial charge in [-0.3, -0.25) is 4.79 Å². The van der Waals surface area contributed by atoms with Crippen molar-refractivity contribution in [2.75, 3.05) is 6.54 Å². The molecule has 0 fully saturated rings. The van der Waals surface area contributed by atoms with Gasteiger partial charge in [-0.15, -0.1) is 0 Å². The van der Waals surface area contributed by atoms with Gasteiger partial charge < -0.3 is 5.32 Å². The molecule has 0 radical (unpaired) electrons. The molecule has 0 heterocycles. The first-order valence-electron chi connectivity index (χ1n) is 4.34. The fourth-order valence-electron chi connectivity index (χ4n) is 1.12. The molecular weight excluding hydrogens is 188 g/mol. The fraction of sp³-hybridized carbons (Fsp3) is 0.300. The molecule has 4 heteroatoms. The molecule has 0 saturated carbocycles. The Kier molecular flexibility index (Phi) is 3.56. The fourth-order valence-corrected chi connectivity index (χ4v) is 1.12. The van der Waals surface area contributed by atoms with Gasteiger partial charge in [0.2, 0.25) is 5.91 Å². The number of rotatable bonds is 3. The lowest BCUT2D eigenvalue weighted by molar-refractivity contribution is -0.120. The zero-order valence-corrected chi connectivity index (χ0v) is 7.81. The summed E-state index contributed by atoms with van der Waals surface area (Å²) >= 11 is 0. The smallest absolute Gasteiger partial charge is 0.224 e. The van der Waals surface area contributed by atoms with Crippen LogP contribution in [-0.4, -0.2) is 12.5 Å². The van der Waals surface area contributed by atoms with Crippen molar-refractivity contribution in [3.05, 3.63) is 35.4 Å². The van der Waals surface area contributed by atoms with Crippen molar-refractivity contribution in [1.29, 1.82) is 0 Å². The van der Waals surface area contributed by atoms with Crippen LogP contribution in [0.2, 0.25) is 0 Å². The zero-order valence-electron chi connectivity index (χ0n) is 7.81. The van der Waals surface area contributed by atoms with Crippen molar-refractivity contribution in [2.24, 2.45) is 0 Å². The molecular formula is C10H11F2NO. The van der Waals surface area contributed by atoms with Crippen molar-refractivity contribution < 1.29 is 13.6 Å². The molecule has 2 nitrogen and oxygen atoms in total. The van der Waals surface area contributed by atoms with E-state index in [2.05, 4.69) is 5.32 Å². The summed E-state index contributed by atoms with van der Waals surface area (Å²) < 4.78 is 26.1. The van der Waals surface area contributed by atoms with Crippen LogP contribution in [0.25, 0.3) is 0 Å². The first-order chi connectivity index (χ1) is 6.65. The quantitative estimate of drug-likeness (QED) is 0.787. The Morgan fingerprint density at radius 1 is 1.36 bits per heavy atom. The van der Waals surface area contributed by atoms with Crippen molar-refractivity contribution in [2.45, 2.75) is 13.3 Å². The lowest BCUT2D eigenvalue weighted by Gasteiger charge is -2.04. The Morgan fingerprint density at radius 2 is 1.93 bits per heavy atom. The molecule has 1 amide bonds. The van der Waals surface area contributed by atoms with Crippen LogP contribution in [-0.2, 0) is 11.2 Å². The second-order valence-corrected chi connectivity index (χ2v) is 2.83. The van der Waals surface area contributed by atoms with E-state index in [0.29, 0.717) is 6.54 Å². The maximum absolute atomic E-state index is 13.0. The summed E-state index contributed by atoms with van der Waals surface area (Å²) in [7, 11) is 0. The third-order valence-electron chi connectivity index (χ3n) is 1.77. The maximum Gasteiger partial charge on any atom is 0.224 e. The van der Waals surface area contributed by atoms with Gasteiger partial charge in [-0.05, 0) is 19.1 Å². The number of hydrogen-bond donors (Lipinski definition) is 1. The van der Waals surface area contributed by atoms with Crippen LogP contribution in [0.4, 0.5) is 8.78 Å². The molecule has 0 bridgehead atoms. The number of nitrogens with one attached hydrogen (secondary N) is 1. The molecule has 0 aliphatic heterocycles. The minimum Gasteiger partial charge on any atom is -0.356 e. The molecule has 0 saturated heterocycles. The van der Waals surface area contributed by atoms with E-state index in [1.54, 1.807) is 6.92 Å². The molecule has 0 aliphatic carbocycles. The number of hydrogen-bond acceptors (Lipinski definition) is 1. The Morgan fingerprint density at radius 3 is 2.43 bits per heavy atom. The topological polar surface area (TPSA) is 29.1 Å². The number of benzene rings is 1. The van der Waals surface area contributed by atoms with E-state index < -0.39 is 11.6 Å². The second-order valence-electron chi connectivity index (χ2n) is 2.83. The Bertz CT molecular complexity index is 319. The molecule has 1 aromatic rings. The number of carbonyl (C=O) groups is 1. The van der Waals surface area contributed by atoms with Gasteiger partial charge >= 0.3 is 0 Å². The van der Waals surface area contributed by atoms with Crippen LogP contribution >= 0.6 is 0 Å². The van der Waals surface area contributed by atoms with Gasteiger partial charge in [-0.1, -0.05) is 6.07 Å². The molecule has 1 aromatic carbocycles. The third-order valence-corrected chi connectivity index (χ3v) is 1.77. The van der Waals surface area contributed by atoms with Gasteiger partial charge in [-0.2, -0.15) is 0 Å². The minimum absolute atomic E-state index is 0.182. The normalized spacial score (nSPS) is 9.93. The molecule has 0 spiro atoms. The molecule has 0 unspecified atom stereocenters. The van der Waals surface area contributed by atoms with Gasteiger partial charge in [0.1, 0.15) is 11.6 Å². The number of amides is 1. The lowest BCUT2D eigenvalue weighted by Crippen LogP contribution is -2.25. The molecule has 0 aromatic heterocycles. The van der Waals surface area contributed by atoms with Gasteiger partial charge in [0.15, 0.2) is 0 Å². The van der Waals surface area contributed by atoms with E-state index in [0.717, 1.165) is 12.1 Å². The van der Waals surface area contributed by atoms with Gasteiger partial charge in [0.25, 0.3) is 0 Å². The second kappa shape index (κ2) is 4.69. The average Bonchev–Trinajstić information content (AvgIpc) is 2.12. The summed E-state index contributed by atoms with van der Waals surface area (Å²) in [5.74, 6) is -1.75. The number of halogens is 2. The summed E-state index contributed by atoms with van der Waals surface area (Å²) in [6, 6.07) is 3.54. The highest BCUT2D eigenvalue weighted by molar-refractivity contribution is 5.78. The van der Waals surface area contributed by atoms with E-state index >= 15 is 0 Å². The Balaban J connectivity index is 2.80. The Hall–Kier alpha value is -1.45. The minimum atomic E-state index is -0.684. The standard InChI is InChI=1S/C10H11F2NO/c1-2-13-10(14)6-7-8(11)4-3-5-9(7)12/h3-5H,2,6H2,1H3,(H,13,14). The number of carbonyl (C=O) groups excluding carboxylic acids is 1. The summed E-state index contributed by atoms with van der Waals surface area (Å²) in [6.07, 6.45) is -0.258. The predicted molar refractivity (Wildman–Crippen MR) is 48.7 cm³/mol. The Labute approximate surface area is 80.9 Å². The third kappa shape index (κ3) is 2.52. The first-order valence-corrected chi connectivity index (χ1v) is 4.34. The molecule has 14 heavy (non-hydrogen) atoms. The van der Waals surface area contributed by atoms with Crippen LogP contribution in [0.5, 0.6) is 0 Å². The van der Waals surface area contributed by atoms with E-state index in [4.69, 9.17) is 0 Å². The molecule has 0 atom stereocenters. The van der Waals surface area contributed by atoms with Crippen molar-refractivity contribution >= 4 is 5.91 Å². The monoisotopic (exact) mass is 199 g/mol. The van der Waals surface area contributed by atoms with Crippen LogP contribution in [0.3, 0.4) is 0 Å². The van der Waals surface area contributed by atoms with Gasteiger partial charge in [-0.25, -0.2) is 8.78 Å². The van der Waals surface area contributed by atoms with E-state index in [9.17, 15) is 13.6 Å². The van der Waals surface area contributed by atoms with Crippen LogP contribution < -0.4 is 5.32 Å². The van der Waals surface area contributed by atoms with Gasteiger partial charge in [0.05, 0.1) is 6.42 Å². The zero-order chi connectivity index (χ0) is 10.6. The summed E-state index contributed by atoms with van der Waals surface area (Å²) in [6.45, 7) is 2.20. The lowest BCUT2D eigenvalue weighted by atomic mass is 10.1. The van der Waals surface area contributed by atoms with Crippen LogP contribution in [0, 0.1) is 11.6 Å². The maximum atomic E-state index is 13.0. The van der Waals surface area contributed by atoms with Crippen molar-refractivity contribution in [3.63, 3.8) is 0 Å². The molecule has 1 N–H and O–H groups in total. The van der Waals surface area contributed by atoms with Crippen LogP contribution in [0.1, 0.15) is 12.5 Å². The molecule has 1 rings (SSSR count). The summed E-state index contributed by atoms with van der Waals surface area (Å²) in [5, 5.41) is 2.48. The van der Waals surface area contributed by atoms with E-state index in [1.807, 2.05) is 0 Å². The highest BCUT2D eigenvalue weighted by Crippen LogP contribution is 2.12. The summed E-state index contributed by atoms with van der Waals surface area (Å²) in [4.78, 5) is 11.1. The predicted octanol–water partition coefficient (Wildman–Crippen LogP) is 1.64.